The molecule has 2 N–H and O–H groups in total. The summed E-state index contributed by atoms with van der Waals surface area (Å²) in [5, 5.41) is 6.83. The number of likely N-dealkylation sites (tertiary alicyclic amines) is 1. The number of aliphatic imine (C=N–C) groups is 1. The van der Waals surface area contributed by atoms with E-state index in [4.69, 9.17) is 4.74 Å². The minimum absolute atomic E-state index is 0. The Balaban J connectivity index is 0.00000450. The predicted octanol–water partition coefficient (Wildman–Crippen LogP) is 2.27. The van der Waals surface area contributed by atoms with E-state index in [-0.39, 0.29) is 36.3 Å². The molecule has 2 atom stereocenters. The van der Waals surface area contributed by atoms with Crippen LogP contribution in [0.15, 0.2) is 35.3 Å². The van der Waals surface area contributed by atoms with Crippen molar-refractivity contribution in [3.05, 3.63) is 35.9 Å². The maximum Gasteiger partial charge on any atom is 0.191 e. The van der Waals surface area contributed by atoms with Gasteiger partial charge in [-0.25, -0.2) is 8.42 Å². The Morgan fingerprint density at radius 2 is 2.00 bits per heavy atom. The van der Waals surface area contributed by atoms with Gasteiger partial charge in [0.2, 0.25) is 0 Å². The zero-order valence-corrected chi connectivity index (χ0v) is 21.5. The molecule has 1 aromatic carbocycles. The Bertz CT molecular complexity index is 731. The van der Waals surface area contributed by atoms with Crippen LogP contribution in [-0.2, 0) is 21.1 Å². The van der Waals surface area contributed by atoms with E-state index in [1.165, 1.54) is 11.8 Å². The minimum Gasteiger partial charge on any atom is -0.378 e. The molecule has 0 saturated carbocycles. The summed E-state index contributed by atoms with van der Waals surface area (Å²) >= 11 is 0. The minimum atomic E-state index is -2.97. The first kappa shape index (κ1) is 27.1. The van der Waals surface area contributed by atoms with E-state index in [2.05, 4.69) is 57.8 Å². The first-order chi connectivity index (χ1) is 13.9. The second-order valence-electron chi connectivity index (χ2n) is 7.67. The number of nitrogens with zero attached hydrogens (tertiary/aromatic N) is 2. The maximum atomic E-state index is 11.1. The molecule has 1 aliphatic rings. The van der Waals surface area contributed by atoms with Gasteiger partial charge in [-0.05, 0) is 32.3 Å². The van der Waals surface area contributed by atoms with Crippen LogP contribution < -0.4 is 10.6 Å². The van der Waals surface area contributed by atoms with Crippen molar-refractivity contribution in [2.75, 3.05) is 44.9 Å². The number of hydrogen-bond donors (Lipinski definition) is 2. The Labute approximate surface area is 199 Å². The van der Waals surface area contributed by atoms with Gasteiger partial charge in [-0.2, -0.15) is 0 Å². The number of ether oxygens (including phenoxy) is 1. The van der Waals surface area contributed by atoms with Gasteiger partial charge in [0.25, 0.3) is 0 Å². The zero-order chi connectivity index (χ0) is 21.1. The third-order valence-electron chi connectivity index (χ3n) is 5.03. The lowest BCUT2D eigenvalue weighted by Crippen LogP contribution is -2.51. The molecule has 30 heavy (non-hydrogen) atoms. The number of sulfone groups is 1. The van der Waals surface area contributed by atoms with Gasteiger partial charge < -0.3 is 15.4 Å². The van der Waals surface area contributed by atoms with Crippen molar-refractivity contribution >= 4 is 39.8 Å². The highest BCUT2D eigenvalue weighted by molar-refractivity contribution is 14.0. The molecule has 9 heteroatoms. The van der Waals surface area contributed by atoms with Crippen molar-refractivity contribution in [1.82, 2.24) is 15.5 Å². The van der Waals surface area contributed by atoms with E-state index in [0.29, 0.717) is 25.2 Å². The van der Waals surface area contributed by atoms with Crippen molar-refractivity contribution in [2.45, 2.75) is 45.3 Å². The molecule has 0 bridgehead atoms. The average molecular weight is 553 g/mol. The molecule has 0 spiro atoms. The highest BCUT2D eigenvalue weighted by Crippen LogP contribution is 2.19. The molecule has 7 nitrogen and oxygen atoms in total. The fourth-order valence-corrected chi connectivity index (χ4v) is 3.87. The third-order valence-corrected chi connectivity index (χ3v) is 5.94. The van der Waals surface area contributed by atoms with Crippen LogP contribution in [0.1, 0.15) is 32.3 Å². The molecular formula is C21H37IN4O3S. The Kier molecular flexibility index (Phi) is 12.8. The van der Waals surface area contributed by atoms with Gasteiger partial charge in [0.15, 0.2) is 5.96 Å². The van der Waals surface area contributed by atoms with Crippen LogP contribution in [0.4, 0.5) is 0 Å². The van der Waals surface area contributed by atoms with Gasteiger partial charge in [-0.1, -0.05) is 30.3 Å². The predicted molar refractivity (Wildman–Crippen MR) is 134 cm³/mol. The molecule has 172 valence electrons. The van der Waals surface area contributed by atoms with Crippen molar-refractivity contribution < 1.29 is 13.2 Å². The number of rotatable bonds is 10. The summed E-state index contributed by atoms with van der Waals surface area (Å²) in [6.07, 6.45) is 3.36. The van der Waals surface area contributed by atoms with Crippen LogP contribution in [-0.4, -0.2) is 76.2 Å². The molecule has 2 rings (SSSR count). The number of guanidine groups is 1. The average Bonchev–Trinajstić information content (AvgIpc) is 2.67. The Hall–Kier alpha value is -0.910. The SMILES string of the molecule is CCNC(=NCCOCCS(C)(=O)=O)NC1CCN(Cc2ccccc2)C(C)C1.I. The summed E-state index contributed by atoms with van der Waals surface area (Å²) in [6.45, 7) is 8.31. The van der Waals surface area contributed by atoms with Gasteiger partial charge in [0.1, 0.15) is 9.84 Å². The lowest BCUT2D eigenvalue weighted by atomic mass is 9.97. The lowest BCUT2D eigenvalue weighted by Gasteiger charge is -2.38. The lowest BCUT2D eigenvalue weighted by molar-refractivity contribution is 0.134. The molecule has 1 aromatic rings. The molecule has 0 amide bonds. The molecule has 1 heterocycles. The number of halogens is 1. The molecule has 1 aliphatic heterocycles. The second kappa shape index (κ2) is 14.2. The van der Waals surface area contributed by atoms with Gasteiger partial charge >= 0.3 is 0 Å². The molecular weight excluding hydrogens is 515 g/mol. The molecule has 1 fully saturated rings. The Morgan fingerprint density at radius 3 is 2.63 bits per heavy atom. The van der Waals surface area contributed by atoms with Crippen LogP contribution in [0.25, 0.3) is 0 Å². The van der Waals surface area contributed by atoms with E-state index in [0.717, 1.165) is 38.4 Å². The van der Waals surface area contributed by atoms with E-state index in [9.17, 15) is 8.42 Å². The standard InChI is InChI=1S/C21H36N4O3S.HI/c1-4-22-21(23-11-13-28-14-15-29(3,26)27)24-20-10-12-25(18(2)16-20)17-19-8-6-5-7-9-19;/h5-9,18,20H,4,10-17H2,1-3H3,(H2,22,23,24);1H. The smallest absolute Gasteiger partial charge is 0.191 e. The highest BCUT2D eigenvalue weighted by Gasteiger charge is 2.25. The van der Waals surface area contributed by atoms with Gasteiger partial charge in [-0.3, -0.25) is 9.89 Å². The van der Waals surface area contributed by atoms with E-state index in [1.807, 2.05) is 6.92 Å². The second-order valence-corrected chi connectivity index (χ2v) is 9.93. The van der Waals surface area contributed by atoms with Crippen LogP contribution in [0, 0.1) is 0 Å². The summed E-state index contributed by atoms with van der Waals surface area (Å²) in [6, 6.07) is 11.5. The molecule has 1 saturated heterocycles. The number of piperidine rings is 1. The van der Waals surface area contributed by atoms with Crippen LogP contribution in [0.2, 0.25) is 0 Å². The van der Waals surface area contributed by atoms with Crippen molar-refractivity contribution in [3.8, 4) is 0 Å². The monoisotopic (exact) mass is 552 g/mol. The van der Waals surface area contributed by atoms with Gasteiger partial charge in [0, 0.05) is 38.0 Å². The van der Waals surface area contributed by atoms with Gasteiger partial charge in [0.05, 0.1) is 25.5 Å². The van der Waals surface area contributed by atoms with E-state index in [1.54, 1.807) is 0 Å². The number of benzene rings is 1. The molecule has 0 aromatic heterocycles. The largest absolute Gasteiger partial charge is 0.378 e. The third kappa shape index (κ3) is 10.9. The first-order valence-electron chi connectivity index (χ1n) is 10.5. The summed E-state index contributed by atoms with van der Waals surface area (Å²) in [5.41, 5.74) is 1.36. The topological polar surface area (TPSA) is 83.0 Å². The van der Waals surface area contributed by atoms with Crippen molar-refractivity contribution in [3.63, 3.8) is 0 Å². The normalized spacial score (nSPS) is 20.4. The van der Waals surface area contributed by atoms with E-state index < -0.39 is 9.84 Å². The summed E-state index contributed by atoms with van der Waals surface area (Å²) in [7, 11) is -2.97. The number of hydrogen-bond acceptors (Lipinski definition) is 5. The molecule has 0 radical (unpaired) electrons. The highest BCUT2D eigenvalue weighted by atomic mass is 127. The molecule has 2 unspecified atom stereocenters. The van der Waals surface area contributed by atoms with Crippen LogP contribution in [0.3, 0.4) is 0 Å². The fourth-order valence-electron chi connectivity index (χ4n) is 3.45. The van der Waals surface area contributed by atoms with E-state index >= 15 is 0 Å². The van der Waals surface area contributed by atoms with Crippen LogP contribution in [0.5, 0.6) is 0 Å². The van der Waals surface area contributed by atoms with Crippen molar-refractivity contribution in [1.29, 1.82) is 0 Å². The summed E-state index contributed by atoms with van der Waals surface area (Å²) in [5.74, 6) is 0.849. The first-order valence-corrected chi connectivity index (χ1v) is 12.5. The zero-order valence-electron chi connectivity index (χ0n) is 18.3. The summed E-state index contributed by atoms with van der Waals surface area (Å²) in [4.78, 5) is 7.09. The Morgan fingerprint density at radius 1 is 1.27 bits per heavy atom. The molecule has 0 aliphatic carbocycles. The quantitative estimate of drug-likeness (QED) is 0.201. The van der Waals surface area contributed by atoms with Crippen molar-refractivity contribution in [2.24, 2.45) is 4.99 Å². The number of nitrogens with one attached hydrogen (secondary N) is 2. The summed E-state index contributed by atoms with van der Waals surface area (Å²) < 4.78 is 27.6. The van der Waals surface area contributed by atoms with Crippen LogP contribution >= 0.6 is 24.0 Å². The maximum absolute atomic E-state index is 11.1. The fraction of sp³-hybridized carbons (Fsp3) is 0.667. The van der Waals surface area contributed by atoms with Gasteiger partial charge in [-0.15, -0.1) is 24.0 Å².